The average molecular weight is 195 g/mol. The van der Waals surface area contributed by atoms with Gasteiger partial charge in [0, 0.05) is 12.5 Å². The molecule has 80 valence electrons. The molecule has 1 aliphatic rings. The van der Waals surface area contributed by atoms with Crippen LogP contribution in [0.3, 0.4) is 0 Å². The fourth-order valence-corrected chi connectivity index (χ4v) is 2.07. The van der Waals surface area contributed by atoms with Crippen molar-refractivity contribution in [3.8, 4) is 12.3 Å². The van der Waals surface area contributed by atoms with Gasteiger partial charge in [0.25, 0.3) is 0 Å². The molecular formula is C12H21NO. The summed E-state index contributed by atoms with van der Waals surface area (Å²) in [5, 5.41) is 13.5. The molecule has 2 N–H and O–H groups in total. The minimum Gasteiger partial charge on any atom is -0.390 e. The maximum atomic E-state index is 10.1. The lowest BCUT2D eigenvalue weighted by Crippen LogP contribution is -2.40. The second-order valence-corrected chi connectivity index (χ2v) is 4.55. The smallest absolute Gasteiger partial charge is 0.0643 e. The van der Waals surface area contributed by atoms with Gasteiger partial charge in [-0.05, 0) is 39.2 Å². The highest BCUT2D eigenvalue weighted by atomic mass is 16.3. The van der Waals surface area contributed by atoms with Crippen molar-refractivity contribution < 1.29 is 5.11 Å². The molecule has 0 amide bonds. The van der Waals surface area contributed by atoms with Crippen LogP contribution in [0.25, 0.3) is 0 Å². The van der Waals surface area contributed by atoms with Crippen molar-refractivity contribution in [2.45, 2.75) is 57.1 Å². The summed E-state index contributed by atoms with van der Waals surface area (Å²) in [6.45, 7) is 2.98. The van der Waals surface area contributed by atoms with Crippen LogP contribution in [0.5, 0.6) is 0 Å². The molecule has 2 nitrogen and oxygen atoms in total. The van der Waals surface area contributed by atoms with Gasteiger partial charge >= 0.3 is 0 Å². The Labute approximate surface area is 87.1 Å². The van der Waals surface area contributed by atoms with E-state index >= 15 is 0 Å². The summed E-state index contributed by atoms with van der Waals surface area (Å²) in [4.78, 5) is 0. The molecule has 2 atom stereocenters. The Morgan fingerprint density at radius 2 is 2.36 bits per heavy atom. The molecule has 0 aliphatic carbocycles. The Morgan fingerprint density at radius 3 is 2.93 bits per heavy atom. The van der Waals surface area contributed by atoms with Gasteiger partial charge in [0.2, 0.25) is 0 Å². The number of nitrogens with one attached hydrogen (secondary N) is 1. The highest BCUT2D eigenvalue weighted by Gasteiger charge is 2.25. The predicted molar refractivity (Wildman–Crippen MR) is 58.9 cm³/mol. The number of terminal acetylenes is 1. The van der Waals surface area contributed by atoms with Crippen molar-refractivity contribution in [2.24, 2.45) is 0 Å². The van der Waals surface area contributed by atoms with Gasteiger partial charge in [-0.1, -0.05) is 6.42 Å². The topological polar surface area (TPSA) is 32.3 Å². The number of hydrogen-bond donors (Lipinski definition) is 2. The molecule has 1 fully saturated rings. The average Bonchev–Trinajstić information content (AvgIpc) is 2.16. The van der Waals surface area contributed by atoms with Crippen molar-refractivity contribution in [3.05, 3.63) is 0 Å². The maximum absolute atomic E-state index is 10.1. The summed E-state index contributed by atoms with van der Waals surface area (Å²) >= 11 is 0. The van der Waals surface area contributed by atoms with E-state index in [-0.39, 0.29) is 0 Å². The molecule has 1 rings (SSSR count). The Hall–Kier alpha value is -0.520. The third kappa shape index (κ3) is 4.13. The van der Waals surface area contributed by atoms with E-state index in [1.807, 2.05) is 6.92 Å². The number of hydrogen-bond acceptors (Lipinski definition) is 2. The fourth-order valence-electron chi connectivity index (χ4n) is 2.07. The highest BCUT2D eigenvalue weighted by molar-refractivity contribution is 4.90. The van der Waals surface area contributed by atoms with Crippen LogP contribution in [-0.2, 0) is 0 Å². The van der Waals surface area contributed by atoms with E-state index < -0.39 is 5.60 Å². The largest absolute Gasteiger partial charge is 0.390 e. The summed E-state index contributed by atoms with van der Waals surface area (Å²) in [5.74, 6) is 2.58. The van der Waals surface area contributed by atoms with E-state index in [0.29, 0.717) is 18.9 Å². The van der Waals surface area contributed by atoms with Gasteiger partial charge in [0.1, 0.15) is 0 Å². The maximum Gasteiger partial charge on any atom is 0.0643 e. The van der Waals surface area contributed by atoms with E-state index in [0.717, 1.165) is 13.0 Å². The van der Waals surface area contributed by atoms with Crippen LogP contribution >= 0.6 is 0 Å². The molecule has 0 saturated carbocycles. The molecule has 0 aromatic carbocycles. The first-order valence-corrected chi connectivity index (χ1v) is 5.53. The predicted octanol–water partition coefficient (Wildman–Crippen LogP) is 1.68. The molecule has 2 heteroatoms. The molecule has 14 heavy (non-hydrogen) atoms. The summed E-state index contributed by atoms with van der Waals surface area (Å²) in [6.07, 6.45) is 11.1. The number of rotatable bonds is 4. The van der Waals surface area contributed by atoms with Gasteiger partial charge in [0.05, 0.1) is 5.60 Å². The molecule has 1 aliphatic heterocycles. The van der Waals surface area contributed by atoms with E-state index in [1.54, 1.807) is 0 Å². The van der Waals surface area contributed by atoms with Crippen LogP contribution < -0.4 is 5.32 Å². The van der Waals surface area contributed by atoms with Gasteiger partial charge in [-0.15, -0.1) is 12.3 Å². The van der Waals surface area contributed by atoms with E-state index in [1.165, 1.54) is 19.3 Å². The molecule has 0 radical (unpaired) electrons. The van der Waals surface area contributed by atoms with E-state index in [4.69, 9.17) is 6.42 Å². The Morgan fingerprint density at radius 1 is 1.57 bits per heavy atom. The zero-order valence-corrected chi connectivity index (χ0v) is 9.05. The van der Waals surface area contributed by atoms with Crippen molar-refractivity contribution in [3.63, 3.8) is 0 Å². The molecule has 0 bridgehead atoms. The summed E-state index contributed by atoms with van der Waals surface area (Å²) in [7, 11) is 0. The Balaban J connectivity index is 2.29. The Kier molecular flexibility index (Phi) is 4.44. The summed E-state index contributed by atoms with van der Waals surface area (Å²) < 4.78 is 0. The van der Waals surface area contributed by atoms with Crippen molar-refractivity contribution in [1.29, 1.82) is 0 Å². The SMILES string of the molecule is C#CCCC(C)(O)CC1CCCCN1. The van der Waals surface area contributed by atoms with Crippen molar-refractivity contribution in [1.82, 2.24) is 5.32 Å². The van der Waals surface area contributed by atoms with E-state index in [9.17, 15) is 5.11 Å². The van der Waals surface area contributed by atoms with Crippen molar-refractivity contribution in [2.75, 3.05) is 6.54 Å². The first-order valence-electron chi connectivity index (χ1n) is 5.53. The Bertz CT molecular complexity index is 199. The second kappa shape index (κ2) is 5.38. The first kappa shape index (κ1) is 11.6. The molecule has 1 saturated heterocycles. The van der Waals surface area contributed by atoms with Crippen LogP contribution in [0.2, 0.25) is 0 Å². The van der Waals surface area contributed by atoms with Crippen LogP contribution in [0, 0.1) is 12.3 Å². The number of aliphatic hydroxyl groups is 1. The standard InChI is InChI=1S/C12H21NO/c1-3-4-8-12(2,14)10-11-7-5-6-9-13-11/h1,11,13-14H,4-10H2,2H3. The fraction of sp³-hybridized carbons (Fsp3) is 0.833. The minimum absolute atomic E-state index is 0.483. The monoisotopic (exact) mass is 195 g/mol. The normalized spacial score (nSPS) is 26.5. The third-order valence-corrected chi connectivity index (χ3v) is 2.91. The van der Waals surface area contributed by atoms with Gasteiger partial charge in [-0.25, -0.2) is 0 Å². The first-order chi connectivity index (χ1) is 6.64. The lowest BCUT2D eigenvalue weighted by molar-refractivity contribution is 0.0299. The highest BCUT2D eigenvalue weighted by Crippen LogP contribution is 2.22. The second-order valence-electron chi connectivity index (χ2n) is 4.55. The molecule has 0 spiro atoms. The molecule has 0 aromatic heterocycles. The van der Waals surface area contributed by atoms with Gasteiger partial charge in [0.15, 0.2) is 0 Å². The molecule has 1 heterocycles. The summed E-state index contributed by atoms with van der Waals surface area (Å²) in [5.41, 5.74) is -0.596. The van der Waals surface area contributed by atoms with Crippen LogP contribution in [0.1, 0.15) is 45.4 Å². The zero-order valence-electron chi connectivity index (χ0n) is 9.05. The lowest BCUT2D eigenvalue weighted by Gasteiger charge is -2.31. The minimum atomic E-state index is -0.596. The number of piperidine rings is 1. The summed E-state index contributed by atoms with van der Waals surface area (Å²) in [6, 6.07) is 0.483. The van der Waals surface area contributed by atoms with Gasteiger partial charge in [-0.3, -0.25) is 0 Å². The van der Waals surface area contributed by atoms with E-state index in [2.05, 4.69) is 11.2 Å². The molecule has 2 unspecified atom stereocenters. The van der Waals surface area contributed by atoms with Crippen molar-refractivity contribution >= 4 is 0 Å². The van der Waals surface area contributed by atoms with Crippen LogP contribution in [0.4, 0.5) is 0 Å². The van der Waals surface area contributed by atoms with Gasteiger partial charge < -0.3 is 10.4 Å². The molecular weight excluding hydrogens is 174 g/mol. The van der Waals surface area contributed by atoms with Gasteiger partial charge in [-0.2, -0.15) is 0 Å². The third-order valence-electron chi connectivity index (χ3n) is 2.91. The van der Waals surface area contributed by atoms with Crippen LogP contribution in [-0.4, -0.2) is 23.3 Å². The van der Waals surface area contributed by atoms with Crippen LogP contribution in [0.15, 0.2) is 0 Å². The molecule has 0 aromatic rings. The lowest BCUT2D eigenvalue weighted by atomic mass is 9.88. The quantitative estimate of drug-likeness (QED) is 0.669. The zero-order chi connectivity index (χ0) is 10.4.